The highest BCUT2D eigenvalue weighted by Gasteiger charge is 2.17. The maximum Gasteiger partial charge on any atom is 0.279 e. The topological polar surface area (TPSA) is 99.0 Å². The molecule has 176 valence electrons. The molecule has 4 aromatic rings. The molecule has 1 aliphatic heterocycles. The van der Waals surface area contributed by atoms with Crippen LogP contribution in [0.2, 0.25) is 0 Å². The predicted molar refractivity (Wildman–Crippen MR) is 133 cm³/mol. The van der Waals surface area contributed by atoms with Crippen LogP contribution in [0.15, 0.2) is 76.6 Å². The van der Waals surface area contributed by atoms with Gasteiger partial charge in [0.25, 0.3) is 15.9 Å². The number of sulfonamides is 1. The highest BCUT2D eigenvalue weighted by molar-refractivity contribution is 7.92. The van der Waals surface area contributed by atoms with Crippen LogP contribution in [0.4, 0.5) is 5.69 Å². The zero-order valence-corrected chi connectivity index (χ0v) is 19.9. The summed E-state index contributed by atoms with van der Waals surface area (Å²) in [6.07, 6.45) is 5.56. The summed E-state index contributed by atoms with van der Waals surface area (Å²) in [5, 5.41) is 0. The molecule has 0 spiro atoms. The first-order valence-electron chi connectivity index (χ1n) is 10.6. The Morgan fingerprint density at radius 2 is 1.74 bits per heavy atom. The molecule has 0 saturated carbocycles. The number of rotatable bonds is 5. The molecule has 0 radical (unpaired) electrons. The second-order valence-corrected chi connectivity index (χ2v) is 10.2. The van der Waals surface area contributed by atoms with E-state index < -0.39 is 15.9 Å². The lowest BCUT2D eigenvalue weighted by atomic mass is 10.2. The molecule has 1 N–H and O–H groups in total. The number of nitrogens with one attached hydrogen (secondary N) is 1. The quantitative estimate of drug-likeness (QED) is 0.418. The Hall–Kier alpha value is -4.07. The molecular formula is C25H19N3O5S2. The van der Waals surface area contributed by atoms with Crippen molar-refractivity contribution in [1.29, 1.82) is 0 Å². The fourth-order valence-corrected chi connectivity index (χ4v) is 5.70. The molecule has 10 heteroatoms. The lowest BCUT2D eigenvalue weighted by Gasteiger charge is -2.18. The molecule has 1 aromatic heterocycles. The summed E-state index contributed by atoms with van der Waals surface area (Å²) in [6, 6.07) is 17.8. The van der Waals surface area contributed by atoms with Crippen LogP contribution < -0.4 is 19.0 Å². The first-order valence-corrected chi connectivity index (χ1v) is 12.9. The normalized spacial score (nSPS) is 13.4. The van der Waals surface area contributed by atoms with Crippen LogP contribution in [0.1, 0.15) is 10.4 Å². The van der Waals surface area contributed by atoms with Crippen LogP contribution in [-0.2, 0) is 16.6 Å². The van der Waals surface area contributed by atoms with Crippen LogP contribution >= 0.6 is 11.3 Å². The lowest BCUT2D eigenvalue weighted by Crippen LogP contribution is -2.17. The Balaban J connectivity index is 1.44. The third-order valence-electron chi connectivity index (χ3n) is 5.23. The van der Waals surface area contributed by atoms with Crippen molar-refractivity contribution in [3.05, 3.63) is 77.1 Å². The van der Waals surface area contributed by atoms with E-state index in [2.05, 4.69) is 15.6 Å². The van der Waals surface area contributed by atoms with Gasteiger partial charge in [0.1, 0.15) is 13.2 Å². The summed E-state index contributed by atoms with van der Waals surface area (Å²) in [5.74, 6) is 3.39. The van der Waals surface area contributed by atoms with Gasteiger partial charge in [0.2, 0.25) is 0 Å². The van der Waals surface area contributed by atoms with E-state index in [1.165, 1.54) is 47.7 Å². The number of anilines is 1. The van der Waals surface area contributed by atoms with Gasteiger partial charge in [-0.05, 0) is 36.4 Å². The van der Waals surface area contributed by atoms with E-state index in [0.29, 0.717) is 40.8 Å². The van der Waals surface area contributed by atoms with Gasteiger partial charge in [0.15, 0.2) is 16.3 Å². The largest absolute Gasteiger partial charge is 0.486 e. The van der Waals surface area contributed by atoms with Gasteiger partial charge in [-0.2, -0.15) is 4.99 Å². The van der Waals surface area contributed by atoms with Gasteiger partial charge in [-0.15, -0.1) is 6.42 Å². The number of nitrogens with zero attached hydrogens (tertiary/aromatic N) is 2. The summed E-state index contributed by atoms with van der Waals surface area (Å²) < 4.78 is 41.5. The summed E-state index contributed by atoms with van der Waals surface area (Å²) in [5.41, 5.74) is 1.44. The SMILES string of the molecule is C#CCn1c(=NC(=O)c2ccc(NS(=O)(=O)c3ccccc3)cc2)sc2cc3c(cc21)OCCO3. The van der Waals surface area contributed by atoms with Crippen molar-refractivity contribution in [3.8, 4) is 23.8 Å². The number of hydrogen-bond acceptors (Lipinski definition) is 6. The van der Waals surface area contributed by atoms with Crippen molar-refractivity contribution >= 4 is 43.2 Å². The Morgan fingerprint density at radius 1 is 1.06 bits per heavy atom. The molecule has 0 bridgehead atoms. The Morgan fingerprint density at radius 3 is 2.43 bits per heavy atom. The minimum atomic E-state index is -3.73. The number of fused-ring (bicyclic) bond motifs is 2. The molecule has 1 aliphatic rings. The Bertz CT molecular complexity index is 1630. The molecule has 0 fully saturated rings. The third kappa shape index (κ3) is 4.64. The molecule has 2 heterocycles. The summed E-state index contributed by atoms with van der Waals surface area (Å²) >= 11 is 1.32. The maximum absolute atomic E-state index is 12.9. The first kappa shape index (κ1) is 22.7. The fraction of sp³-hybridized carbons (Fsp3) is 0.120. The smallest absolute Gasteiger partial charge is 0.279 e. The molecule has 0 unspecified atom stereocenters. The number of aromatic nitrogens is 1. The second kappa shape index (κ2) is 9.29. The van der Waals surface area contributed by atoms with Crippen LogP contribution in [0.25, 0.3) is 10.2 Å². The van der Waals surface area contributed by atoms with E-state index in [-0.39, 0.29) is 11.4 Å². The maximum atomic E-state index is 12.9. The minimum absolute atomic E-state index is 0.149. The van der Waals surface area contributed by atoms with Gasteiger partial charge >= 0.3 is 0 Å². The van der Waals surface area contributed by atoms with E-state index in [0.717, 1.165) is 10.2 Å². The molecular weight excluding hydrogens is 486 g/mol. The van der Waals surface area contributed by atoms with Crippen LogP contribution in [0.5, 0.6) is 11.5 Å². The van der Waals surface area contributed by atoms with E-state index in [1.54, 1.807) is 22.8 Å². The number of carbonyl (C=O) groups excluding carboxylic acids is 1. The standard InChI is InChI=1S/C25H19N3O5S2/c1-2-12-28-20-15-21-22(33-14-13-32-21)16-23(20)34-25(28)26-24(29)17-8-10-18(11-9-17)27-35(30,31)19-6-4-3-5-7-19/h1,3-11,15-16,27H,12-14H2. The summed E-state index contributed by atoms with van der Waals surface area (Å²) in [4.78, 5) is 17.8. The Kier molecular flexibility index (Phi) is 6.03. The second-order valence-electron chi connectivity index (χ2n) is 7.55. The number of carbonyl (C=O) groups is 1. The van der Waals surface area contributed by atoms with Gasteiger partial charge in [0.05, 0.1) is 21.7 Å². The minimum Gasteiger partial charge on any atom is -0.486 e. The van der Waals surface area contributed by atoms with Crippen molar-refractivity contribution in [1.82, 2.24) is 4.57 Å². The van der Waals surface area contributed by atoms with Crippen molar-refractivity contribution in [2.24, 2.45) is 4.99 Å². The van der Waals surface area contributed by atoms with Gasteiger partial charge in [0, 0.05) is 23.4 Å². The number of ether oxygens (including phenoxy) is 2. The average Bonchev–Trinajstić information content (AvgIpc) is 3.19. The van der Waals surface area contributed by atoms with Crippen LogP contribution in [0, 0.1) is 12.3 Å². The molecule has 8 nitrogen and oxygen atoms in total. The number of hydrogen-bond donors (Lipinski definition) is 1. The summed E-state index contributed by atoms with van der Waals surface area (Å²) in [6.45, 7) is 1.17. The van der Waals surface area contributed by atoms with E-state index in [4.69, 9.17) is 15.9 Å². The third-order valence-corrected chi connectivity index (χ3v) is 7.67. The number of benzene rings is 3. The molecule has 35 heavy (non-hydrogen) atoms. The number of terminal acetylenes is 1. The van der Waals surface area contributed by atoms with Gasteiger partial charge < -0.3 is 14.0 Å². The van der Waals surface area contributed by atoms with Crippen molar-refractivity contribution < 1.29 is 22.7 Å². The van der Waals surface area contributed by atoms with Crippen molar-refractivity contribution in [3.63, 3.8) is 0 Å². The molecule has 1 amide bonds. The predicted octanol–water partition coefficient (Wildman–Crippen LogP) is 3.65. The van der Waals surface area contributed by atoms with Crippen LogP contribution in [0.3, 0.4) is 0 Å². The van der Waals surface area contributed by atoms with Crippen LogP contribution in [-0.4, -0.2) is 32.1 Å². The highest BCUT2D eigenvalue weighted by atomic mass is 32.2. The van der Waals surface area contributed by atoms with E-state index in [1.807, 2.05) is 12.1 Å². The zero-order valence-electron chi connectivity index (χ0n) is 18.3. The van der Waals surface area contributed by atoms with Crippen molar-refractivity contribution in [2.45, 2.75) is 11.4 Å². The molecule has 0 atom stereocenters. The molecule has 3 aromatic carbocycles. The fourth-order valence-electron chi connectivity index (χ4n) is 3.58. The average molecular weight is 506 g/mol. The van der Waals surface area contributed by atoms with Crippen molar-refractivity contribution in [2.75, 3.05) is 17.9 Å². The number of thiazole rings is 1. The lowest BCUT2D eigenvalue weighted by molar-refractivity contribution is 0.0998. The van der Waals surface area contributed by atoms with Gasteiger partial charge in [-0.3, -0.25) is 9.52 Å². The first-order chi connectivity index (χ1) is 16.9. The zero-order chi connectivity index (χ0) is 24.4. The molecule has 0 saturated heterocycles. The molecule has 0 aliphatic carbocycles. The molecule has 5 rings (SSSR count). The van der Waals surface area contributed by atoms with E-state index >= 15 is 0 Å². The highest BCUT2D eigenvalue weighted by Crippen LogP contribution is 2.35. The monoisotopic (exact) mass is 505 g/mol. The van der Waals surface area contributed by atoms with E-state index in [9.17, 15) is 13.2 Å². The summed E-state index contributed by atoms with van der Waals surface area (Å²) in [7, 11) is -3.73. The van der Waals surface area contributed by atoms with Gasteiger partial charge in [-0.25, -0.2) is 8.42 Å². The van der Waals surface area contributed by atoms with Gasteiger partial charge in [-0.1, -0.05) is 35.5 Å². The Labute approximate surface area is 205 Å². The number of amides is 1.